The molecule has 138 valence electrons. The largest absolute Gasteiger partial charge is 0.459 e. The van der Waals surface area contributed by atoms with Gasteiger partial charge in [-0.15, -0.1) is 0 Å². The molecule has 1 aromatic heterocycles. The number of para-hydroxylation sites is 1. The molecule has 2 aromatic rings. The zero-order chi connectivity index (χ0) is 18.3. The van der Waals surface area contributed by atoms with Crippen LogP contribution >= 0.6 is 0 Å². The molecule has 1 saturated heterocycles. The molecule has 1 unspecified atom stereocenters. The highest BCUT2D eigenvalue weighted by Crippen LogP contribution is 2.39. The van der Waals surface area contributed by atoms with Gasteiger partial charge in [0.2, 0.25) is 5.91 Å². The second-order valence-corrected chi connectivity index (χ2v) is 7.58. The van der Waals surface area contributed by atoms with E-state index in [-0.39, 0.29) is 29.6 Å². The van der Waals surface area contributed by atoms with Crippen LogP contribution in [0.2, 0.25) is 0 Å². The second kappa shape index (κ2) is 6.34. The maximum atomic E-state index is 12.6. The van der Waals surface area contributed by atoms with Crippen LogP contribution in [0.4, 0.5) is 4.79 Å². The van der Waals surface area contributed by atoms with Gasteiger partial charge >= 0.3 is 6.03 Å². The average molecular weight is 355 g/mol. The number of aryl methyl sites for hydroxylation is 1. The molecule has 3 N–H and O–H groups in total. The van der Waals surface area contributed by atoms with E-state index in [1.807, 2.05) is 38.1 Å². The molecule has 2 heterocycles. The summed E-state index contributed by atoms with van der Waals surface area (Å²) < 4.78 is 5.94. The number of amides is 3. The molecule has 1 spiro atoms. The van der Waals surface area contributed by atoms with Gasteiger partial charge < -0.3 is 20.4 Å². The first kappa shape index (κ1) is 16.9. The van der Waals surface area contributed by atoms with E-state index in [4.69, 9.17) is 4.42 Å². The smallest absolute Gasteiger partial charge is 0.315 e. The van der Waals surface area contributed by atoms with Crippen LogP contribution in [0, 0.1) is 6.92 Å². The van der Waals surface area contributed by atoms with E-state index < -0.39 is 0 Å². The van der Waals surface area contributed by atoms with Gasteiger partial charge in [0.1, 0.15) is 11.3 Å². The molecule has 2 fully saturated rings. The lowest BCUT2D eigenvalue weighted by Gasteiger charge is -2.50. The van der Waals surface area contributed by atoms with Gasteiger partial charge in [-0.25, -0.2) is 4.79 Å². The van der Waals surface area contributed by atoms with Crippen LogP contribution in [0.25, 0.3) is 11.0 Å². The number of carbonyl (C=O) groups is 2. The average Bonchev–Trinajstić information content (AvgIpc) is 2.92. The van der Waals surface area contributed by atoms with Crippen LogP contribution in [-0.2, 0) is 4.79 Å². The molecule has 1 aromatic carbocycles. The number of benzene rings is 1. The molecule has 2 atom stereocenters. The number of furan rings is 1. The van der Waals surface area contributed by atoms with Crippen molar-refractivity contribution in [3.63, 3.8) is 0 Å². The molecular formula is C20H25N3O3. The van der Waals surface area contributed by atoms with Crippen molar-refractivity contribution in [2.75, 3.05) is 0 Å². The van der Waals surface area contributed by atoms with Crippen LogP contribution < -0.4 is 16.0 Å². The highest BCUT2D eigenvalue weighted by atomic mass is 16.3. The van der Waals surface area contributed by atoms with Crippen molar-refractivity contribution in [3.05, 3.63) is 35.6 Å². The minimum Gasteiger partial charge on any atom is -0.459 e. The minimum absolute atomic E-state index is 0.0158. The first-order valence-electron chi connectivity index (χ1n) is 9.34. The Morgan fingerprint density at radius 2 is 2.12 bits per heavy atom. The van der Waals surface area contributed by atoms with Crippen molar-refractivity contribution in [3.8, 4) is 0 Å². The van der Waals surface area contributed by atoms with Crippen molar-refractivity contribution in [1.82, 2.24) is 16.0 Å². The van der Waals surface area contributed by atoms with Gasteiger partial charge in [0.25, 0.3) is 0 Å². The molecule has 6 nitrogen and oxygen atoms in total. The maximum absolute atomic E-state index is 12.6. The zero-order valence-electron chi connectivity index (χ0n) is 15.2. The summed E-state index contributed by atoms with van der Waals surface area (Å²) in [6, 6.07) is 7.41. The summed E-state index contributed by atoms with van der Waals surface area (Å²) in [7, 11) is 0. The molecule has 1 aliphatic carbocycles. The van der Waals surface area contributed by atoms with E-state index in [2.05, 4.69) is 16.0 Å². The topological polar surface area (TPSA) is 83.4 Å². The lowest BCUT2D eigenvalue weighted by molar-refractivity contribution is -0.127. The summed E-state index contributed by atoms with van der Waals surface area (Å²) >= 11 is 0. The van der Waals surface area contributed by atoms with Crippen LogP contribution in [0.3, 0.4) is 0 Å². The highest BCUT2D eigenvalue weighted by Gasteiger charge is 2.48. The molecule has 0 bridgehead atoms. The third-order valence-corrected chi connectivity index (χ3v) is 5.89. The van der Waals surface area contributed by atoms with E-state index in [1.165, 1.54) is 0 Å². The molecule has 26 heavy (non-hydrogen) atoms. The van der Waals surface area contributed by atoms with Gasteiger partial charge in [-0.2, -0.15) is 0 Å². The Hall–Kier alpha value is -2.50. The second-order valence-electron chi connectivity index (χ2n) is 7.58. The van der Waals surface area contributed by atoms with Gasteiger partial charge in [-0.05, 0) is 45.6 Å². The monoisotopic (exact) mass is 355 g/mol. The van der Waals surface area contributed by atoms with Crippen LogP contribution in [0.1, 0.15) is 56.4 Å². The van der Waals surface area contributed by atoms with Gasteiger partial charge in [0.15, 0.2) is 0 Å². The van der Waals surface area contributed by atoms with E-state index in [0.717, 1.165) is 41.6 Å². The third kappa shape index (κ3) is 2.83. The number of fused-ring (bicyclic) bond motifs is 1. The number of urea groups is 1. The summed E-state index contributed by atoms with van der Waals surface area (Å²) in [4.78, 5) is 24.3. The van der Waals surface area contributed by atoms with E-state index in [9.17, 15) is 9.59 Å². The fraction of sp³-hybridized carbons (Fsp3) is 0.500. The van der Waals surface area contributed by atoms with Crippen molar-refractivity contribution in [1.29, 1.82) is 0 Å². The number of nitrogens with one attached hydrogen (secondary N) is 3. The van der Waals surface area contributed by atoms with Gasteiger partial charge in [0.05, 0.1) is 17.6 Å². The lowest BCUT2D eigenvalue weighted by Crippen LogP contribution is -2.69. The number of hydrogen-bond donors (Lipinski definition) is 3. The van der Waals surface area contributed by atoms with Crippen molar-refractivity contribution in [2.45, 2.75) is 63.6 Å². The molecule has 3 amide bonds. The Labute approximate surface area is 152 Å². The first-order chi connectivity index (χ1) is 12.5. The number of hydrogen-bond acceptors (Lipinski definition) is 3. The van der Waals surface area contributed by atoms with Crippen LogP contribution in [-0.4, -0.2) is 23.5 Å². The summed E-state index contributed by atoms with van der Waals surface area (Å²) in [5.74, 6) is 0.867. The Morgan fingerprint density at radius 1 is 1.35 bits per heavy atom. The number of rotatable bonds is 3. The predicted molar refractivity (Wildman–Crippen MR) is 98.8 cm³/mol. The molecule has 4 rings (SSSR count). The van der Waals surface area contributed by atoms with Gasteiger partial charge in [0, 0.05) is 17.4 Å². The number of carbonyl (C=O) groups excluding carboxylic acids is 2. The minimum atomic E-state index is -0.245. The molecule has 6 heteroatoms. The Balaban J connectivity index is 1.44. The molecule has 1 aliphatic heterocycles. The Morgan fingerprint density at radius 3 is 2.81 bits per heavy atom. The number of piperidine rings is 1. The van der Waals surface area contributed by atoms with Crippen molar-refractivity contribution >= 4 is 22.9 Å². The standard InChI is InChI=1S/C20H25N3O3/c1-12-14-6-3-4-7-15(14)26-18(12)13(2)21-19(25)22-16-8-9-17(24)23-20(16)10-5-11-20/h3-4,6-7,13,16H,5,8-11H2,1-2H3,(H,23,24)(H2,21,22,25)/t13-,16?/m0/s1. The van der Waals surface area contributed by atoms with Crippen LogP contribution in [0.5, 0.6) is 0 Å². The summed E-state index contributed by atoms with van der Waals surface area (Å²) in [6.07, 6.45) is 4.11. The fourth-order valence-electron chi connectivity index (χ4n) is 4.29. The quantitative estimate of drug-likeness (QED) is 0.790. The Kier molecular flexibility index (Phi) is 4.13. The maximum Gasteiger partial charge on any atom is 0.315 e. The van der Waals surface area contributed by atoms with E-state index in [1.54, 1.807) is 0 Å². The molecule has 0 radical (unpaired) electrons. The fourth-order valence-corrected chi connectivity index (χ4v) is 4.29. The van der Waals surface area contributed by atoms with Crippen molar-refractivity contribution < 1.29 is 14.0 Å². The highest BCUT2D eigenvalue weighted by molar-refractivity contribution is 5.83. The van der Waals surface area contributed by atoms with Gasteiger partial charge in [-0.1, -0.05) is 18.2 Å². The Bertz CT molecular complexity index is 853. The third-order valence-electron chi connectivity index (χ3n) is 5.89. The predicted octanol–water partition coefficient (Wildman–Crippen LogP) is 3.30. The molecule has 1 saturated carbocycles. The van der Waals surface area contributed by atoms with Crippen LogP contribution in [0.15, 0.2) is 28.7 Å². The SMILES string of the molecule is Cc1c([C@H](C)NC(=O)NC2CCC(=O)NC23CCC3)oc2ccccc12. The normalized spacial score (nSPS) is 22.5. The molecule has 2 aliphatic rings. The van der Waals surface area contributed by atoms with Crippen molar-refractivity contribution in [2.24, 2.45) is 0 Å². The van der Waals surface area contributed by atoms with E-state index >= 15 is 0 Å². The lowest BCUT2D eigenvalue weighted by atomic mass is 9.68. The summed E-state index contributed by atoms with van der Waals surface area (Å²) in [6.45, 7) is 3.93. The first-order valence-corrected chi connectivity index (χ1v) is 9.34. The van der Waals surface area contributed by atoms with Gasteiger partial charge in [-0.3, -0.25) is 4.79 Å². The summed E-state index contributed by atoms with van der Waals surface area (Å²) in [5, 5.41) is 10.2. The molecular weight excluding hydrogens is 330 g/mol. The zero-order valence-corrected chi connectivity index (χ0v) is 15.2. The summed E-state index contributed by atoms with van der Waals surface area (Å²) in [5.41, 5.74) is 1.64. The van der Waals surface area contributed by atoms with E-state index in [0.29, 0.717) is 12.8 Å².